The predicted octanol–water partition coefficient (Wildman–Crippen LogP) is 0.938. The first-order valence-corrected chi connectivity index (χ1v) is 6.19. The van der Waals surface area contributed by atoms with Gasteiger partial charge in [0.25, 0.3) is 5.56 Å². The van der Waals surface area contributed by atoms with Gasteiger partial charge in [-0.1, -0.05) is 15.9 Å². The van der Waals surface area contributed by atoms with Crippen molar-refractivity contribution in [2.45, 2.75) is 6.54 Å². The molecule has 2 rings (SSSR count). The van der Waals surface area contributed by atoms with Crippen LogP contribution in [0.15, 0.2) is 50.6 Å². The number of aromatic nitrogens is 2. The van der Waals surface area contributed by atoms with Gasteiger partial charge in [-0.25, -0.2) is 4.79 Å². The van der Waals surface area contributed by atoms with E-state index in [1.54, 1.807) is 24.3 Å². The summed E-state index contributed by atoms with van der Waals surface area (Å²) in [6.07, 6.45) is 1.28. The van der Waals surface area contributed by atoms with Gasteiger partial charge in [0.05, 0.1) is 0 Å². The molecule has 2 aromatic rings. The van der Waals surface area contributed by atoms with E-state index in [1.807, 2.05) is 0 Å². The van der Waals surface area contributed by atoms with Crippen LogP contribution in [0.1, 0.15) is 0 Å². The molecule has 1 heterocycles. The number of carbonyl (C=O) groups excluding carboxylic acids is 1. The van der Waals surface area contributed by atoms with E-state index in [1.165, 1.54) is 12.3 Å². The van der Waals surface area contributed by atoms with Crippen LogP contribution in [-0.2, 0) is 11.3 Å². The number of rotatable bonds is 3. The van der Waals surface area contributed by atoms with Gasteiger partial charge in [0.1, 0.15) is 6.54 Å². The Kier molecular flexibility index (Phi) is 3.96. The second kappa shape index (κ2) is 5.66. The van der Waals surface area contributed by atoms with Gasteiger partial charge < -0.3 is 5.32 Å². The van der Waals surface area contributed by atoms with Gasteiger partial charge in [-0.15, -0.1) is 0 Å². The minimum atomic E-state index is -0.613. The van der Waals surface area contributed by atoms with Crippen LogP contribution in [0.3, 0.4) is 0 Å². The Labute approximate surface area is 116 Å². The lowest BCUT2D eigenvalue weighted by Gasteiger charge is -2.06. The first-order valence-electron chi connectivity index (χ1n) is 5.40. The highest BCUT2D eigenvalue weighted by molar-refractivity contribution is 9.10. The van der Waals surface area contributed by atoms with Gasteiger partial charge in [-0.2, -0.15) is 0 Å². The molecule has 0 spiro atoms. The van der Waals surface area contributed by atoms with Crippen molar-refractivity contribution in [3.63, 3.8) is 0 Å². The Balaban J connectivity index is 2.07. The second-order valence-electron chi connectivity index (χ2n) is 3.79. The smallest absolute Gasteiger partial charge is 0.325 e. The first kappa shape index (κ1) is 13.3. The van der Waals surface area contributed by atoms with Crippen LogP contribution in [0.5, 0.6) is 0 Å². The molecule has 1 amide bonds. The quantitative estimate of drug-likeness (QED) is 0.881. The number of benzene rings is 1. The maximum absolute atomic E-state index is 11.7. The summed E-state index contributed by atoms with van der Waals surface area (Å²) in [5.41, 5.74) is -0.473. The minimum Gasteiger partial charge on any atom is -0.325 e. The van der Waals surface area contributed by atoms with E-state index in [0.717, 1.165) is 9.04 Å². The number of hydrogen-bond donors (Lipinski definition) is 2. The predicted molar refractivity (Wildman–Crippen MR) is 74.1 cm³/mol. The summed E-state index contributed by atoms with van der Waals surface area (Å²) in [4.78, 5) is 36.1. The summed E-state index contributed by atoms with van der Waals surface area (Å²) >= 11 is 3.29. The largest absolute Gasteiger partial charge is 0.328 e. The van der Waals surface area contributed by atoms with E-state index >= 15 is 0 Å². The van der Waals surface area contributed by atoms with Crippen LogP contribution in [0.2, 0.25) is 0 Å². The number of carbonyl (C=O) groups is 1. The van der Waals surface area contributed by atoms with Crippen molar-refractivity contribution >= 4 is 27.5 Å². The molecule has 0 unspecified atom stereocenters. The van der Waals surface area contributed by atoms with Crippen molar-refractivity contribution in [2.75, 3.05) is 5.32 Å². The number of H-pyrrole nitrogens is 1. The van der Waals surface area contributed by atoms with E-state index in [-0.39, 0.29) is 12.5 Å². The second-order valence-corrected chi connectivity index (χ2v) is 4.71. The Morgan fingerprint density at radius 2 is 1.89 bits per heavy atom. The standard InChI is InChI=1S/C12H10BrN3O3/c13-8-1-3-9(4-2-8)14-11(18)7-16-6-5-10(17)15-12(16)19/h1-6H,7H2,(H,14,18)(H,15,17,19). The summed E-state index contributed by atoms with van der Waals surface area (Å²) in [5.74, 6) is -0.350. The third-order valence-corrected chi connectivity index (χ3v) is 2.87. The monoisotopic (exact) mass is 323 g/mol. The molecule has 0 aliphatic rings. The minimum absolute atomic E-state index is 0.161. The molecule has 98 valence electrons. The zero-order valence-electron chi connectivity index (χ0n) is 9.72. The molecule has 6 nitrogen and oxygen atoms in total. The average Bonchev–Trinajstić information content (AvgIpc) is 2.36. The zero-order chi connectivity index (χ0) is 13.8. The summed E-state index contributed by atoms with van der Waals surface area (Å²) in [7, 11) is 0. The lowest BCUT2D eigenvalue weighted by Crippen LogP contribution is -2.32. The summed E-state index contributed by atoms with van der Waals surface area (Å²) in [5, 5.41) is 2.65. The number of anilines is 1. The molecule has 1 aromatic heterocycles. The SMILES string of the molecule is O=C(Cn1ccc(=O)[nH]c1=O)Nc1ccc(Br)cc1. The maximum Gasteiger partial charge on any atom is 0.328 e. The fourth-order valence-electron chi connectivity index (χ4n) is 1.46. The maximum atomic E-state index is 11.7. The van der Waals surface area contributed by atoms with Gasteiger partial charge in [0.2, 0.25) is 5.91 Å². The Morgan fingerprint density at radius 3 is 2.53 bits per heavy atom. The Bertz CT molecular complexity index is 703. The van der Waals surface area contributed by atoms with E-state index in [0.29, 0.717) is 5.69 Å². The van der Waals surface area contributed by atoms with Crippen molar-refractivity contribution in [3.05, 3.63) is 61.8 Å². The van der Waals surface area contributed by atoms with Gasteiger partial charge in [-0.05, 0) is 24.3 Å². The molecule has 0 saturated heterocycles. The highest BCUT2D eigenvalue weighted by Crippen LogP contribution is 2.13. The lowest BCUT2D eigenvalue weighted by atomic mass is 10.3. The molecule has 19 heavy (non-hydrogen) atoms. The molecule has 0 aliphatic carbocycles. The molecule has 0 radical (unpaired) electrons. The van der Waals surface area contributed by atoms with Crippen molar-refractivity contribution in [3.8, 4) is 0 Å². The number of halogens is 1. The Hall–Kier alpha value is -2.15. The summed E-state index contributed by atoms with van der Waals surface area (Å²) < 4.78 is 2.03. The average molecular weight is 324 g/mol. The van der Waals surface area contributed by atoms with Crippen molar-refractivity contribution in [1.82, 2.24) is 9.55 Å². The molecular weight excluding hydrogens is 314 g/mol. The van der Waals surface area contributed by atoms with Gasteiger partial charge in [-0.3, -0.25) is 19.1 Å². The highest BCUT2D eigenvalue weighted by Gasteiger charge is 2.05. The van der Waals surface area contributed by atoms with Crippen LogP contribution >= 0.6 is 15.9 Å². The van der Waals surface area contributed by atoms with E-state index in [2.05, 4.69) is 26.2 Å². The molecular formula is C12H10BrN3O3. The molecule has 7 heteroatoms. The summed E-state index contributed by atoms with van der Waals surface area (Å²) in [6, 6.07) is 8.24. The molecule has 0 saturated carbocycles. The van der Waals surface area contributed by atoms with E-state index < -0.39 is 11.2 Å². The number of nitrogens with one attached hydrogen (secondary N) is 2. The number of nitrogens with zero attached hydrogens (tertiary/aromatic N) is 1. The third kappa shape index (κ3) is 3.65. The topological polar surface area (TPSA) is 84.0 Å². The normalized spacial score (nSPS) is 10.2. The number of hydrogen-bond acceptors (Lipinski definition) is 3. The summed E-state index contributed by atoms with van der Waals surface area (Å²) in [6.45, 7) is -0.161. The first-order chi connectivity index (χ1) is 9.04. The van der Waals surface area contributed by atoms with Gasteiger partial charge in [0.15, 0.2) is 0 Å². The third-order valence-electron chi connectivity index (χ3n) is 2.34. The van der Waals surface area contributed by atoms with Crippen LogP contribution in [0.4, 0.5) is 5.69 Å². The van der Waals surface area contributed by atoms with Crippen LogP contribution in [0, 0.1) is 0 Å². The van der Waals surface area contributed by atoms with Crippen molar-refractivity contribution in [2.24, 2.45) is 0 Å². The zero-order valence-corrected chi connectivity index (χ0v) is 11.3. The molecule has 0 atom stereocenters. The Morgan fingerprint density at radius 1 is 1.21 bits per heavy atom. The molecule has 0 bridgehead atoms. The molecule has 2 N–H and O–H groups in total. The molecule has 0 aliphatic heterocycles. The highest BCUT2D eigenvalue weighted by atomic mass is 79.9. The fraction of sp³-hybridized carbons (Fsp3) is 0.0833. The van der Waals surface area contributed by atoms with Crippen LogP contribution in [-0.4, -0.2) is 15.5 Å². The van der Waals surface area contributed by atoms with E-state index in [9.17, 15) is 14.4 Å². The number of aromatic amines is 1. The number of amides is 1. The van der Waals surface area contributed by atoms with Crippen molar-refractivity contribution < 1.29 is 4.79 Å². The van der Waals surface area contributed by atoms with Crippen LogP contribution < -0.4 is 16.6 Å². The van der Waals surface area contributed by atoms with E-state index in [4.69, 9.17) is 0 Å². The van der Waals surface area contributed by atoms with Gasteiger partial charge in [0, 0.05) is 22.4 Å². The van der Waals surface area contributed by atoms with Crippen molar-refractivity contribution in [1.29, 1.82) is 0 Å². The molecule has 0 fully saturated rings. The van der Waals surface area contributed by atoms with Gasteiger partial charge >= 0.3 is 5.69 Å². The van der Waals surface area contributed by atoms with Crippen LogP contribution in [0.25, 0.3) is 0 Å². The molecule has 1 aromatic carbocycles. The fourth-order valence-corrected chi connectivity index (χ4v) is 1.72. The lowest BCUT2D eigenvalue weighted by molar-refractivity contribution is -0.116.